The van der Waals surface area contributed by atoms with Crippen molar-refractivity contribution < 1.29 is 24.1 Å². The van der Waals surface area contributed by atoms with Gasteiger partial charge in [0.2, 0.25) is 0 Å². The SMILES string of the molecule is COCC1C[C@H](OC)C(C)(OC)[C@H](O)O1. The van der Waals surface area contributed by atoms with Gasteiger partial charge in [-0.3, -0.25) is 0 Å². The maximum atomic E-state index is 9.84. The third-order valence-electron chi connectivity index (χ3n) is 3.00. The second kappa shape index (κ2) is 5.23. The Hall–Kier alpha value is -0.200. The van der Waals surface area contributed by atoms with E-state index in [1.165, 1.54) is 7.11 Å². The van der Waals surface area contributed by atoms with Crippen LogP contribution in [0.25, 0.3) is 0 Å². The Labute approximate surface area is 90.3 Å². The zero-order valence-corrected chi connectivity index (χ0v) is 9.73. The molecule has 0 aliphatic carbocycles. The van der Waals surface area contributed by atoms with Crippen LogP contribution in [0.2, 0.25) is 0 Å². The van der Waals surface area contributed by atoms with Crippen molar-refractivity contribution in [2.75, 3.05) is 27.9 Å². The molecule has 1 heterocycles. The molecule has 1 N–H and O–H groups in total. The Morgan fingerprint density at radius 2 is 2.07 bits per heavy atom. The molecule has 1 rings (SSSR count). The van der Waals surface area contributed by atoms with Gasteiger partial charge in [-0.25, -0.2) is 0 Å². The summed E-state index contributed by atoms with van der Waals surface area (Å²) < 4.78 is 21.0. The molecule has 0 amide bonds. The number of methoxy groups -OCH3 is 3. The second-order valence-electron chi connectivity index (χ2n) is 3.91. The van der Waals surface area contributed by atoms with Gasteiger partial charge >= 0.3 is 0 Å². The lowest BCUT2D eigenvalue weighted by molar-refractivity contribution is -0.305. The molecular weight excluding hydrogens is 200 g/mol. The average Bonchev–Trinajstić information content (AvgIpc) is 2.23. The van der Waals surface area contributed by atoms with Gasteiger partial charge in [0.05, 0.1) is 18.8 Å². The molecule has 0 saturated carbocycles. The number of rotatable bonds is 4. The topological polar surface area (TPSA) is 57.2 Å². The molecule has 5 nitrogen and oxygen atoms in total. The zero-order chi connectivity index (χ0) is 11.5. The normalized spacial score (nSPS) is 41.8. The van der Waals surface area contributed by atoms with Crippen LogP contribution in [0.15, 0.2) is 0 Å². The van der Waals surface area contributed by atoms with Crippen molar-refractivity contribution in [1.82, 2.24) is 0 Å². The quantitative estimate of drug-likeness (QED) is 0.731. The molecule has 0 radical (unpaired) electrons. The highest BCUT2D eigenvalue weighted by Crippen LogP contribution is 2.32. The van der Waals surface area contributed by atoms with E-state index in [2.05, 4.69) is 0 Å². The highest BCUT2D eigenvalue weighted by Gasteiger charge is 2.48. The lowest BCUT2D eigenvalue weighted by atomic mass is 9.90. The minimum Gasteiger partial charge on any atom is -0.382 e. The summed E-state index contributed by atoms with van der Waals surface area (Å²) >= 11 is 0. The predicted molar refractivity (Wildman–Crippen MR) is 53.6 cm³/mol. The number of aliphatic hydroxyl groups is 1. The van der Waals surface area contributed by atoms with Gasteiger partial charge in [-0.1, -0.05) is 0 Å². The van der Waals surface area contributed by atoms with Crippen LogP contribution in [0.5, 0.6) is 0 Å². The third-order valence-corrected chi connectivity index (χ3v) is 3.00. The lowest BCUT2D eigenvalue weighted by Gasteiger charge is -2.45. The minimum atomic E-state index is -0.999. The van der Waals surface area contributed by atoms with Crippen LogP contribution < -0.4 is 0 Å². The molecule has 0 aromatic heterocycles. The van der Waals surface area contributed by atoms with Crippen molar-refractivity contribution >= 4 is 0 Å². The summed E-state index contributed by atoms with van der Waals surface area (Å²) in [4.78, 5) is 0. The van der Waals surface area contributed by atoms with Crippen LogP contribution in [0, 0.1) is 0 Å². The molecule has 15 heavy (non-hydrogen) atoms. The molecular formula is C10H20O5. The Morgan fingerprint density at radius 3 is 2.53 bits per heavy atom. The van der Waals surface area contributed by atoms with Gasteiger partial charge in [0, 0.05) is 27.8 Å². The fourth-order valence-electron chi connectivity index (χ4n) is 1.86. The molecule has 0 bridgehead atoms. The van der Waals surface area contributed by atoms with Crippen LogP contribution in [-0.2, 0) is 18.9 Å². The summed E-state index contributed by atoms with van der Waals surface area (Å²) in [5.74, 6) is 0. The van der Waals surface area contributed by atoms with Crippen molar-refractivity contribution in [2.24, 2.45) is 0 Å². The van der Waals surface area contributed by atoms with Crippen molar-refractivity contribution in [3.63, 3.8) is 0 Å². The number of aliphatic hydroxyl groups excluding tert-OH is 1. The van der Waals surface area contributed by atoms with Crippen molar-refractivity contribution in [3.8, 4) is 0 Å². The van der Waals surface area contributed by atoms with Gasteiger partial charge in [0.1, 0.15) is 5.60 Å². The molecule has 0 spiro atoms. The monoisotopic (exact) mass is 220 g/mol. The first kappa shape index (κ1) is 12.9. The first-order valence-corrected chi connectivity index (χ1v) is 4.98. The van der Waals surface area contributed by atoms with Gasteiger partial charge in [-0.05, 0) is 6.92 Å². The molecule has 1 saturated heterocycles. The Morgan fingerprint density at radius 1 is 1.40 bits per heavy atom. The summed E-state index contributed by atoms with van der Waals surface area (Å²) in [6, 6.07) is 0. The van der Waals surface area contributed by atoms with Crippen LogP contribution >= 0.6 is 0 Å². The maximum absolute atomic E-state index is 9.84. The van der Waals surface area contributed by atoms with Crippen LogP contribution in [-0.4, -0.2) is 57.1 Å². The largest absolute Gasteiger partial charge is 0.382 e. The fraction of sp³-hybridized carbons (Fsp3) is 1.00. The Kier molecular flexibility index (Phi) is 4.48. The number of ether oxygens (including phenoxy) is 4. The summed E-state index contributed by atoms with van der Waals surface area (Å²) in [7, 11) is 4.74. The van der Waals surface area contributed by atoms with Gasteiger partial charge in [-0.15, -0.1) is 0 Å². The van der Waals surface area contributed by atoms with E-state index in [1.54, 1.807) is 21.1 Å². The second-order valence-corrected chi connectivity index (χ2v) is 3.91. The first-order chi connectivity index (χ1) is 7.08. The van der Waals surface area contributed by atoms with Gasteiger partial charge < -0.3 is 24.1 Å². The summed E-state index contributed by atoms with van der Waals surface area (Å²) in [5.41, 5.74) is -0.820. The summed E-state index contributed by atoms with van der Waals surface area (Å²) in [6.45, 7) is 2.21. The summed E-state index contributed by atoms with van der Waals surface area (Å²) in [6.07, 6.45) is -0.711. The van der Waals surface area contributed by atoms with Crippen molar-refractivity contribution in [1.29, 1.82) is 0 Å². The van der Waals surface area contributed by atoms with Gasteiger partial charge in [0.15, 0.2) is 6.29 Å². The first-order valence-electron chi connectivity index (χ1n) is 4.98. The molecule has 1 aliphatic heterocycles. The summed E-state index contributed by atoms with van der Waals surface area (Å²) in [5, 5.41) is 9.84. The Balaban J connectivity index is 2.70. The zero-order valence-electron chi connectivity index (χ0n) is 9.73. The highest BCUT2D eigenvalue weighted by molar-refractivity contribution is 4.93. The van der Waals surface area contributed by atoms with E-state index < -0.39 is 11.9 Å². The van der Waals surface area contributed by atoms with E-state index in [-0.39, 0.29) is 12.2 Å². The van der Waals surface area contributed by atoms with Crippen LogP contribution in [0.3, 0.4) is 0 Å². The molecule has 0 aromatic rings. The predicted octanol–water partition coefficient (Wildman–Crippen LogP) is 0.160. The van der Waals surface area contributed by atoms with Gasteiger partial charge in [0.25, 0.3) is 0 Å². The molecule has 1 aliphatic rings. The van der Waals surface area contributed by atoms with Gasteiger partial charge in [-0.2, -0.15) is 0 Å². The van der Waals surface area contributed by atoms with E-state index in [1.807, 2.05) is 0 Å². The highest BCUT2D eigenvalue weighted by atomic mass is 16.7. The van der Waals surface area contributed by atoms with Crippen molar-refractivity contribution in [3.05, 3.63) is 0 Å². The minimum absolute atomic E-state index is 0.154. The fourth-order valence-corrected chi connectivity index (χ4v) is 1.86. The molecule has 5 heteroatoms. The molecule has 0 aromatic carbocycles. The number of hydrogen-bond donors (Lipinski definition) is 1. The third kappa shape index (κ3) is 2.49. The van der Waals surface area contributed by atoms with E-state index in [9.17, 15) is 5.11 Å². The van der Waals surface area contributed by atoms with Crippen LogP contribution in [0.4, 0.5) is 0 Å². The van der Waals surface area contributed by atoms with E-state index in [4.69, 9.17) is 18.9 Å². The molecule has 90 valence electrons. The van der Waals surface area contributed by atoms with E-state index >= 15 is 0 Å². The smallest absolute Gasteiger partial charge is 0.186 e. The Bertz CT molecular complexity index is 198. The van der Waals surface area contributed by atoms with E-state index in [0.29, 0.717) is 13.0 Å². The lowest BCUT2D eigenvalue weighted by Crippen LogP contribution is -2.59. The van der Waals surface area contributed by atoms with Crippen LogP contribution in [0.1, 0.15) is 13.3 Å². The average molecular weight is 220 g/mol. The maximum Gasteiger partial charge on any atom is 0.186 e. The van der Waals surface area contributed by atoms with Crippen molar-refractivity contribution in [2.45, 2.75) is 37.4 Å². The molecule has 2 unspecified atom stereocenters. The molecule has 4 atom stereocenters. The molecule has 1 fully saturated rings. The number of hydrogen-bond acceptors (Lipinski definition) is 5. The standard InChI is InChI=1S/C10H20O5/c1-10(14-4)8(13-3)5-7(6-12-2)15-9(10)11/h7-9,11H,5-6H2,1-4H3/t7?,8-,9+,10?/m0/s1. The van der Waals surface area contributed by atoms with E-state index in [0.717, 1.165) is 0 Å².